The van der Waals surface area contributed by atoms with E-state index < -0.39 is 5.97 Å². The Hall–Kier alpha value is -1.72. The van der Waals surface area contributed by atoms with Crippen molar-refractivity contribution in [1.82, 2.24) is 4.98 Å². The van der Waals surface area contributed by atoms with Crippen LogP contribution in [-0.2, 0) is 10.3 Å². The molecular weight excluding hydrogens is 286 g/mol. The molecule has 4 nitrogen and oxygen atoms in total. The van der Waals surface area contributed by atoms with Gasteiger partial charge in [-0.05, 0) is 32.4 Å². The predicted molar refractivity (Wildman–Crippen MR) is 83.8 cm³/mol. The number of aromatic carboxylic acids is 1. The van der Waals surface area contributed by atoms with Crippen LogP contribution in [0.15, 0.2) is 29.6 Å². The number of thiazole rings is 1. The van der Waals surface area contributed by atoms with Crippen molar-refractivity contribution in [2.45, 2.75) is 32.8 Å². The summed E-state index contributed by atoms with van der Waals surface area (Å²) in [4.78, 5) is 15.7. The lowest BCUT2D eigenvalue weighted by Crippen LogP contribution is -2.24. The molecule has 1 atom stereocenters. The van der Waals surface area contributed by atoms with Crippen LogP contribution in [0.4, 0.5) is 0 Å². The summed E-state index contributed by atoms with van der Waals surface area (Å²) in [6.45, 7) is 6.71. The van der Waals surface area contributed by atoms with Gasteiger partial charge in [-0.25, -0.2) is 9.78 Å². The second kappa shape index (κ2) is 6.37. The number of hydrogen-bond acceptors (Lipinski definition) is 4. The number of nitrogens with zero attached hydrogens (tertiary/aromatic N) is 1. The Balaban J connectivity index is 2.35. The Morgan fingerprint density at radius 3 is 2.81 bits per heavy atom. The molecule has 0 saturated heterocycles. The van der Waals surface area contributed by atoms with E-state index in [-0.39, 0.29) is 11.2 Å². The van der Waals surface area contributed by atoms with E-state index in [0.29, 0.717) is 6.61 Å². The molecule has 0 radical (unpaired) electrons. The molecule has 1 N–H and O–H groups in total. The van der Waals surface area contributed by atoms with Gasteiger partial charge in [-0.15, -0.1) is 11.3 Å². The van der Waals surface area contributed by atoms with Crippen LogP contribution in [0, 0.1) is 0 Å². The Bertz CT molecular complexity index is 638. The third-order valence-electron chi connectivity index (χ3n) is 3.50. The van der Waals surface area contributed by atoms with Crippen LogP contribution >= 0.6 is 11.3 Å². The minimum absolute atomic E-state index is 0.269. The van der Waals surface area contributed by atoms with Gasteiger partial charge in [0.2, 0.25) is 0 Å². The maximum Gasteiger partial charge on any atom is 0.335 e. The first-order valence-electron chi connectivity index (χ1n) is 6.94. The number of benzene rings is 1. The van der Waals surface area contributed by atoms with Gasteiger partial charge in [0.15, 0.2) is 0 Å². The zero-order valence-electron chi connectivity index (χ0n) is 12.4. The van der Waals surface area contributed by atoms with Crippen molar-refractivity contribution >= 4 is 17.3 Å². The van der Waals surface area contributed by atoms with Gasteiger partial charge in [0, 0.05) is 17.6 Å². The number of carbonyl (C=O) groups is 1. The topological polar surface area (TPSA) is 59.4 Å². The molecule has 0 saturated carbocycles. The summed E-state index contributed by atoms with van der Waals surface area (Å²) < 4.78 is 5.83. The van der Waals surface area contributed by atoms with E-state index >= 15 is 0 Å². The monoisotopic (exact) mass is 305 g/mol. The average Bonchev–Trinajstić information content (AvgIpc) is 2.98. The Morgan fingerprint density at radius 1 is 1.43 bits per heavy atom. The molecule has 5 heteroatoms. The number of aromatic nitrogens is 1. The normalized spacial score (nSPS) is 13.9. The van der Waals surface area contributed by atoms with E-state index in [4.69, 9.17) is 9.84 Å². The fourth-order valence-electron chi connectivity index (χ4n) is 2.09. The van der Waals surface area contributed by atoms with E-state index in [1.165, 1.54) is 0 Å². The van der Waals surface area contributed by atoms with Gasteiger partial charge in [0.1, 0.15) is 10.6 Å². The number of rotatable bonds is 6. The highest BCUT2D eigenvalue weighted by Crippen LogP contribution is 2.34. The van der Waals surface area contributed by atoms with E-state index in [0.717, 1.165) is 22.7 Å². The van der Waals surface area contributed by atoms with Crippen LogP contribution in [-0.4, -0.2) is 22.7 Å². The van der Waals surface area contributed by atoms with Crippen molar-refractivity contribution in [3.05, 3.63) is 40.2 Å². The van der Waals surface area contributed by atoms with Gasteiger partial charge in [0.05, 0.1) is 11.3 Å². The van der Waals surface area contributed by atoms with Crippen molar-refractivity contribution in [2.24, 2.45) is 0 Å². The second-order valence-electron chi connectivity index (χ2n) is 4.94. The summed E-state index contributed by atoms with van der Waals surface area (Å²) in [5.74, 6) is -0.931. The molecule has 0 aliphatic rings. The van der Waals surface area contributed by atoms with E-state index in [2.05, 4.69) is 11.9 Å². The van der Waals surface area contributed by atoms with Crippen molar-refractivity contribution in [3.63, 3.8) is 0 Å². The second-order valence-corrected chi connectivity index (χ2v) is 5.80. The molecule has 0 bridgehead atoms. The first-order chi connectivity index (χ1) is 10.00. The molecule has 2 rings (SSSR count). The van der Waals surface area contributed by atoms with E-state index in [1.807, 2.05) is 25.3 Å². The quantitative estimate of drug-likeness (QED) is 0.870. The fraction of sp³-hybridized carbons (Fsp3) is 0.375. The number of carboxylic acid groups (broad SMARTS) is 1. The van der Waals surface area contributed by atoms with Gasteiger partial charge in [-0.3, -0.25) is 0 Å². The standard InChI is InChI=1S/C16H19NO3S/c1-4-16(3,20-5-2)15-17-13(10-21-15)11-7-6-8-12(9-11)14(18)19/h6-10H,4-5H2,1-3H3,(H,18,19). The largest absolute Gasteiger partial charge is 0.478 e. The number of hydrogen-bond donors (Lipinski definition) is 1. The summed E-state index contributed by atoms with van der Waals surface area (Å²) in [7, 11) is 0. The minimum atomic E-state index is -0.931. The molecular formula is C16H19NO3S. The molecule has 0 amide bonds. The first kappa shape index (κ1) is 15.7. The van der Waals surface area contributed by atoms with Crippen LogP contribution in [0.3, 0.4) is 0 Å². The molecule has 0 aliphatic heterocycles. The summed E-state index contributed by atoms with van der Waals surface area (Å²) in [6, 6.07) is 6.83. The van der Waals surface area contributed by atoms with Gasteiger partial charge in [-0.1, -0.05) is 19.1 Å². The summed E-state index contributed by atoms with van der Waals surface area (Å²) in [6.07, 6.45) is 0.836. The lowest BCUT2D eigenvalue weighted by Gasteiger charge is -2.25. The highest BCUT2D eigenvalue weighted by atomic mass is 32.1. The molecule has 21 heavy (non-hydrogen) atoms. The van der Waals surface area contributed by atoms with Gasteiger partial charge in [0.25, 0.3) is 0 Å². The minimum Gasteiger partial charge on any atom is -0.478 e. The molecule has 1 aromatic heterocycles. The smallest absolute Gasteiger partial charge is 0.335 e. The molecule has 0 fully saturated rings. The zero-order valence-corrected chi connectivity index (χ0v) is 13.2. The third-order valence-corrected chi connectivity index (χ3v) is 4.59. The third kappa shape index (κ3) is 3.31. The first-order valence-corrected chi connectivity index (χ1v) is 7.82. The molecule has 1 aromatic carbocycles. The molecule has 2 aromatic rings. The van der Waals surface area contributed by atoms with Crippen LogP contribution in [0.1, 0.15) is 42.6 Å². The maximum absolute atomic E-state index is 11.0. The number of ether oxygens (including phenoxy) is 1. The van der Waals surface area contributed by atoms with Crippen LogP contribution < -0.4 is 0 Å². The molecule has 112 valence electrons. The van der Waals surface area contributed by atoms with Crippen molar-refractivity contribution < 1.29 is 14.6 Å². The average molecular weight is 305 g/mol. The number of carboxylic acids is 1. The molecule has 0 aliphatic carbocycles. The van der Waals surface area contributed by atoms with Crippen molar-refractivity contribution in [3.8, 4) is 11.3 Å². The summed E-state index contributed by atoms with van der Waals surface area (Å²) >= 11 is 1.55. The SMILES string of the molecule is CCOC(C)(CC)c1nc(-c2cccc(C(=O)O)c2)cs1. The summed E-state index contributed by atoms with van der Waals surface area (Å²) in [5, 5.41) is 11.9. The lowest BCUT2D eigenvalue weighted by atomic mass is 10.0. The molecule has 1 unspecified atom stereocenters. The van der Waals surface area contributed by atoms with Crippen molar-refractivity contribution in [1.29, 1.82) is 0 Å². The van der Waals surface area contributed by atoms with Crippen molar-refractivity contribution in [2.75, 3.05) is 6.61 Å². The fourth-order valence-corrected chi connectivity index (χ4v) is 3.11. The van der Waals surface area contributed by atoms with Crippen LogP contribution in [0.5, 0.6) is 0 Å². The van der Waals surface area contributed by atoms with Gasteiger partial charge < -0.3 is 9.84 Å². The van der Waals surface area contributed by atoms with Gasteiger partial charge in [-0.2, -0.15) is 0 Å². The highest BCUT2D eigenvalue weighted by molar-refractivity contribution is 7.10. The van der Waals surface area contributed by atoms with E-state index in [1.54, 1.807) is 29.5 Å². The molecule has 0 spiro atoms. The Kier molecular flexibility index (Phi) is 4.75. The Labute approximate surface area is 128 Å². The lowest BCUT2D eigenvalue weighted by molar-refractivity contribution is -0.0324. The zero-order chi connectivity index (χ0) is 15.5. The summed E-state index contributed by atoms with van der Waals surface area (Å²) in [5.41, 5.74) is 1.48. The van der Waals surface area contributed by atoms with E-state index in [9.17, 15) is 4.79 Å². The van der Waals surface area contributed by atoms with Crippen LogP contribution in [0.2, 0.25) is 0 Å². The van der Waals surface area contributed by atoms with Crippen LogP contribution in [0.25, 0.3) is 11.3 Å². The molecule has 1 heterocycles. The maximum atomic E-state index is 11.0. The van der Waals surface area contributed by atoms with Gasteiger partial charge >= 0.3 is 5.97 Å². The Morgan fingerprint density at radius 2 is 2.19 bits per heavy atom. The highest BCUT2D eigenvalue weighted by Gasteiger charge is 2.28. The predicted octanol–water partition coefficient (Wildman–Crippen LogP) is 4.17.